The van der Waals surface area contributed by atoms with Gasteiger partial charge in [0.25, 0.3) is 0 Å². The van der Waals surface area contributed by atoms with Gasteiger partial charge in [0.05, 0.1) is 0 Å². The molecule has 1 aromatic carbocycles. The standard InChI is InChI=1S/C18H20/c1-2-13-8-14(3-1)10-16-5-7-18(12-16)17-6-4-15(9-13)11-17/h1-8,15-18H,9-12H2/t15-,16-,17-,18-/m1/s1. The van der Waals surface area contributed by atoms with Crippen LogP contribution in [-0.2, 0) is 12.8 Å². The van der Waals surface area contributed by atoms with E-state index in [-0.39, 0.29) is 0 Å². The van der Waals surface area contributed by atoms with Gasteiger partial charge in [0.15, 0.2) is 0 Å². The average Bonchev–Trinajstić information content (AvgIpc) is 2.97. The van der Waals surface area contributed by atoms with Crippen LogP contribution in [0.15, 0.2) is 48.6 Å². The van der Waals surface area contributed by atoms with Crippen molar-refractivity contribution in [1.82, 2.24) is 0 Å². The summed E-state index contributed by atoms with van der Waals surface area (Å²) in [6.07, 6.45) is 15.1. The first-order valence-electron chi connectivity index (χ1n) is 7.31. The molecule has 0 saturated heterocycles. The Morgan fingerprint density at radius 2 is 1.28 bits per heavy atom. The third-order valence-corrected chi connectivity index (χ3v) is 4.95. The lowest BCUT2D eigenvalue weighted by molar-refractivity contribution is 0.388. The highest BCUT2D eigenvalue weighted by atomic mass is 14.3. The van der Waals surface area contributed by atoms with Crippen LogP contribution in [0, 0.1) is 23.7 Å². The third kappa shape index (κ3) is 1.84. The highest BCUT2D eigenvalue weighted by molar-refractivity contribution is 5.27. The number of hydrogen-bond donors (Lipinski definition) is 0. The zero-order chi connectivity index (χ0) is 11.9. The second kappa shape index (κ2) is 4.12. The minimum Gasteiger partial charge on any atom is -0.0848 e. The van der Waals surface area contributed by atoms with Crippen molar-refractivity contribution in [2.75, 3.05) is 0 Å². The van der Waals surface area contributed by atoms with Gasteiger partial charge in [0, 0.05) is 0 Å². The van der Waals surface area contributed by atoms with Crippen LogP contribution in [0.3, 0.4) is 0 Å². The Morgan fingerprint density at radius 3 is 1.83 bits per heavy atom. The van der Waals surface area contributed by atoms with Crippen LogP contribution in [0.2, 0.25) is 0 Å². The fourth-order valence-corrected chi connectivity index (χ4v) is 4.04. The van der Waals surface area contributed by atoms with Crippen molar-refractivity contribution in [2.45, 2.75) is 25.7 Å². The van der Waals surface area contributed by atoms with Crippen molar-refractivity contribution in [3.8, 4) is 0 Å². The van der Waals surface area contributed by atoms with Crippen molar-refractivity contribution in [1.29, 1.82) is 0 Å². The van der Waals surface area contributed by atoms with Gasteiger partial charge in [-0.1, -0.05) is 48.6 Å². The minimum absolute atomic E-state index is 0.774. The number of fused-ring (bicyclic) bond motifs is 7. The Kier molecular flexibility index (Phi) is 2.43. The summed E-state index contributed by atoms with van der Waals surface area (Å²) in [5.41, 5.74) is 3.06. The van der Waals surface area contributed by atoms with E-state index in [4.69, 9.17) is 0 Å². The molecule has 4 rings (SSSR count). The fourth-order valence-electron chi connectivity index (χ4n) is 4.04. The Morgan fingerprint density at radius 1 is 0.722 bits per heavy atom. The predicted molar refractivity (Wildman–Crippen MR) is 75.3 cm³/mol. The first-order chi connectivity index (χ1) is 8.87. The molecular weight excluding hydrogens is 216 g/mol. The van der Waals surface area contributed by atoms with Gasteiger partial charge in [0.2, 0.25) is 0 Å². The molecule has 0 fully saturated rings. The first kappa shape index (κ1) is 10.6. The zero-order valence-electron chi connectivity index (χ0n) is 10.8. The topological polar surface area (TPSA) is 0 Å². The quantitative estimate of drug-likeness (QED) is 0.593. The monoisotopic (exact) mass is 236 g/mol. The molecule has 3 aliphatic carbocycles. The van der Waals surface area contributed by atoms with Crippen molar-refractivity contribution in [3.05, 3.63) is 59.7 Å². The van der Waals surface area contributed by atoms with Gasteiger partial charge in [-0.05, 0) is 60.5 Å². The minimum atomic E-state index is 0.774. The molecule has 0 aromatic heterocycles. The molecular formula is C18H20. The lowest BCUT2D eigenvalue weighted by Crippen LogP contribution is -2.10. The lowest BCUT2D eigenvalue weighted by Gasteiger charge is -2.18. The number of allylic oxidation sites excluding steroid dienone is 4. The van der Waals surface area contributed by atoms with E-state index in [0.717, 1.165) is 23.7 Å². The molecule has 0 radical (unpaired) electrons. The molecule has 1 aromatic rings. The Balaban J connectivity index is 1.72. The van der Waals surface area contributed by atoms with Gasteiger partial charge >= 0.3 is 0 Å². The van der Waals surface area contributed by atoms with Crippen LogP contribution in [-0.4, -0.2) is 0 Å². The van der Waals surface area contributed by atoms with E-state index in [2.05, 4.69) is 48.6 Å². The molecule has 0 aliphatic heterocycles. The zero-order valence-corrected chi connectivity index (χ0v) is 10.8. The van der Waals surface area contributed by atoms with Crippen LogP contribution >= 0.6 is 0 Å². The molecule has 92 valence electrons. The summed E-state index contributed by atoms with van der Waals surface area (Å²) in [5.74, 6) is 3.17. The maximum Gasteiger partial charge on any atom is -0.0164 e. The van der Waals surface area contributed by atoms with E-state index in [1.54, 1.807) is 0 Å². The van der Waals surface area contributed by atoms with Gasteiger partial charge in [-0.3, -0.25) is 0 Å². The maximum absolute atomic E-state index is 2.49. The Labute approximate surface area is 109 Å². The highest BCUT2D eigenvalue weighted by Crippen LogP contribution is 2.40. The molecule has 18 heavy (non-hydrogen) atoms. The molecule has 0 unspecified atom stereocenters. The summed E-state index contributed by atoms with van der Waals surface area (Å²) < 4.78 is 0. The summed E-state index contributed by atoms with van der Waals surface area (Å²) in [6, 6.07) is 9.29. The second-order valence-electron chi connectivity index (χ2n) is 6.32. The summed E-state index contributed by atoms with van der Waals surface area (Å²) >= 11 is 0. The molecule has 0 heterocycles. The molecule has 0 saturated carbocycles. The van der Waals surface area contributed by atoms with Crippen molar-refractivity contribution in [2.24, 2.45) is 23.7 Å². The lowest BCUT2D eigenvalue weighted by atomic mass is 9.86. The van der Waals surface area contributed by atoms with E-state index in [0.29, 0.717) is 0 Å². The van der Waals surface area contributed by atoms with Crippen molar-refractivity contribution < 1.29 is 0 Å². The normalized spacial score (nSPS) is 36.7. The van der Waals surface area contributed by atoms with Crippen LogP contribution in [0.5, 0.6) is 0 Å². The summed E-state index contributed by atoms with van der Waals surface area (Å²) in [4.78, 5) is 0. The number of rotatable bonds is 0. The van der Waals surface area contributed by atoms with Crippen LogP contribution in [0.25, 0.3) is 0 Å². The van der Waals surface area contributed by atoms with Crippen LogP contribution < -0.4 is 0 Å². The molecule has 6 bridgehead atoms. The molecule has 0 nitrogen and oxygen atoms in total. The number of benzene rings is 1. The summed E-state index contributed by atoms with van der Waals surface area (Å²) in [7, 11) is 0. The van der Waals surface area contributed by atoms with Crippen molar-refractivity contribution >= 4 is 0 Å². The highest BCUT2D eigenvalue weighted by Gasteiger charge is 2.30. The smallest absolute Gasteiger partial charge is 0.0164 e. The van der Waals surface area contributed by atoms with Crippen molar-refractivity contribution in [3.63, 3.8) is 0 Å². The molecule has 0 amide bonds. The van der Waals surface area contributed by atoms with Gasteiger partial charge < -0.3 is 0 Å². The largest absolute Gasteiger partial charge is 0.0848 e. The molecule has 4 atom stereocenters. The summed E-state index contributed by atoms with van der Waals surface area (Å²) in [5, 5.41) is 0. The van der Waals surface area contributed by atoms with E-state index in [9.17, 15) is 0 Å². The fraction of sp³-hybridized carbons (Fsp3) is 0.444. The SMILES string of the molecule is C1=C[C@@H]2C[C@H]1Cc1cccc(c1)C[C@H]1C=C[C@@H]2C1. The maximum atomic E-state index is 2.49. The number of hydrogen-bond acceptors (Lipinski definition) is 0. The van der Waals surface area contributed by atoms with Crippen LogP contribution in [0.1, 0.15) is 24.0 Å². The van der Waals surface area contributed by atoms with E-state index in [1.165, 1.54) is 36.8 Å². The van der Waals surface area contributed by atoms with Crippen LogP contribution in [0.4, 0.5) is 0 Å². The summed E-state index contributed by atoms with van der Waals surface area (Å²) in [6.45, 7) is 0. The first-order valence-corrected chi connectivity index (χ1v) is 7.31. The van der Waals surface area contributed by atoms with E-state index < -0.39 is 0 Å². The molecule has 0 heteroatoms. The molecule has 3 aliphatic rings. The van der Waals surface area contributed by atoms with Gasteiger partial charge in [-0.2, -0.15) is 0 Å². The second-order valence-corrected chi connectivity index (χ2v) is 6.32. The third-order valence-electron chi connectivity index (χ3n) is 4.95. The molecule has 0 spiro atoms. The van der Waals surface area contributed by atoms with Gasteiger partial charge in [0.1, 0.15) is 0 Å². The predicted octanol–water partition coefficient (Wildman–Crippen LogP) is 4.17. The van der Waals surface area contributed by atoms with Gasteiger partial charge in [-0.25, -0.2) is 0 Å². The molecule has 0 N–H and O–H groups in total. The van der Waals surface area contributed by atoms with E-state index >= 15 is 0 Å². The van der Waals surface area contributed by atoms with Gasteiger partial charge in [-0.15, -0.1) is 0 Å². The van der Waals surface area contributed by atoms with E-state index in [1.807, 2.05) is 0 Å². The Hall–Kier alpha value is -1.30. The average molecular weight is 236 g/mol. The Bertz CT molecular complexity index is 465.